The highest BCUT2D eigenvalue weighted by atomic mass is 32.2. The van der Waals surface area contributed by atoms with Crippen molar-refractivity contribution in [1.29, 1.82) is 0 Å². The molecule has 0 fully saturated rings. The van der Waals surface area contributed by atoms with Crippen LogP contribution in [0.1, 0.15) is 10.8 Å². The first-order valence-corrected chi connectivity index (χ1v) is 8.53. The molecule has 0 heterocycles. The Hall–Kier alpha value is -2.66. The Kier molecular flexibility index (Phi) is 5.46. The molecular weight excluding hydrogens is 340 g/mol. The standard InChI is InChI=1S/C20H15F2NOS/c21-15-11-16(22)13-17(12-15)23-20(24)19(14-7-3-1-4-8-14)25-18-9-5-2-6-10-18/h1-13,19H,(H,23,24). The molecule has 5 heteroatoms. The number of benzene rings is 3. The molecule has 1 amide bonds. The van der Waals surface area contributed by atoms with E-state index in [0.29, 0.717) is 0 Å². The predicted octanol–water partition coefficient (Wildman–Crippen LogP) is 5.44. The van der Waals surface area contributed by atoms with Crippen LogP contribution in [0.2, 0.25) is 0 Å². The zero-order valence-corrected chi connectivity index (χ0v) is 14.0. The molecular formula is C20H15F2NOS. The number of amides is 1. The minimum Gasteiger partial charge on any atom is -0.325 e. The van der Waals surface area contributed by atoms with E-state index in [1.54, 1.807) is 0 Å². The summed E-state index contributed by atoms with van der Waals surface area (Å²) in [5.41, 5.74) is 0.905. The van der Waals surface area contributed by atoms with Gasteiger partial charge in [0.2, 0.25) is 5.91 Å². The number of carbonyl (C=O) groups is 1. The van der Waals surface area contributed by atoms with Crippen molar-refractivity contribution in [3.63, 3.8) is 0 Å². The summed E-state index contributed by atoms with van der Waals surface area (Å²) in [6.07, 6.45) is 0. The molecule has 3 aromatic rings. The average molecular weight is 355 g/mol. The maximum atomic E-state index is 13.4. The maximum absolute atomic E-state index is 13.4. The van der Waals surface area contributed by atoms with E-state index in [2.05, 4.69) is 5.32 Å². The summed E-state index contributed by atoms with van der Waals surface area (Å²) in [6.45, 7) is 0. The van der Waals surface area contributed by atoms with Crippen LogP contribution in [-0.2, 0) is 4.79 Å². The van der Waals surface area contributed by atoms with Gasteiger partial charge >= 0.3 is 0 Å². The third-order valence-corrected chi connectivity index (χ3v) is 4.73. The van der Waals surface area contributed by atoms with Gasteiger partial charge in [-0.1, -0.05) is 48.5 Å². The van der Waals surface area contributed by atoms with Crippen molar-refractivity contribution >= 4 is 23.4 Å². The maximum Gasteiger partial charge on any atom is 0.242 e. The van der Waals surface area contributed by atoms with Crippen LogP contribution in [0.15, 0.2) is 83.8 Å². The molecule has 1 atom stereocenters. The molecule has 0 bridgehead atoms. The Morgan fingerprint density at radius 2 is 1.40 bits per heavy atom. The number of halogens is 2. The predicted molar refractivity (Wildman–Crippen MR) is 96.5 cm³/mol. The second-order valence-corrected chi connectivity index (χ2v) is 6.55. The van der Waals surface area contributed by atoms with Crippen LogP contribution < -0.4 is 5.32 Å². The molecule has 25 heavy (non-hydrogen) atoms. The van der Waals surface area contributed by atoms with Gasteiger partial charge in [-0.2, -0.15) is 0 Å². The molecule has 0 saturated carbocycles. The van der Waals surface area contributed by atoms with E-state index in [4.69, 9.17) is 0 Å². The lowest BCUT2D eigenvalue weighted by Crippen LogP contribution is -2.19. The molecule has 0 spiro atoms. The molecule has 3 aromatic carbocycles. The van der Waals surface area contributed by atoms with Crippen molar-refractivity contribution in [3.05, 3.63) is 96.1 Å². The quantitative estimate of drug-likeness (QED) is 0.618. The molecule has 0 aliphatic heterocycles. The van der Waals surface area contributed by atoms with Crippen LogP contribution in [0.4, 0.5) is 14.5 Å². The fourth-order valence-electron chi connectivity index (χ4n) is 2.37. The van der Waals surface area contributed by atoms with Crippen LogP contribution in [0.3, 0.4) is 0 Å². The number of hydrogen-bond donors (Lipinski definition) is 1. The number of nitrogens with one attached hydrogen (secondary N) is 1. The summed E-state index contributed by atoms with van der Waals surface area (Å²) in [5, 5.41) is 2.06. The van der Waals surface area contributed by atoms with Gasteiger partial charge in [0.25, 0.3) is 0 Å². The van der Waals surface area contributed by atoms with Crippen LogP contribution in [0.5, 0.6) is 0 Å². The average Bonchev–Trinajstić information content (AvgIpc) is 2.60. The van der Waals surface area contributed by atoms with E-state index in [-0.39, 0.29) is 11.6 Å². The van der Waals surface area contributed by atoms with Crippen molar-refractivity contribution in [2.45, 2.75) is 10.1 Å². The summed E-state index contributed by atoms with van der Waals surface area (Å²) in [7, 11) is 0. The molecule has 126 valence electrons. The van der Waals surface area contributed by atoms with Crippen molar-refractivity contribution in [3.8, 4) is 0 Å². The Bertz CT molecular complexity index is 836. The third-order valence-electron chi connectivity index (χ3n) is 3.47. The highest BCUT2D eigenvalue weighted by Crippen LogP contribution is 2.36. The number of anilines is 1. The molecule has 0 aliphatic carbocycles. The third kappa shape index (κ3) is 4.67. The van der Waals surface area contributed by atoms with Gasteiger partial charge in [0.15, 0.2) is 0 Å². The van der Waals surface area contributed by atoms with Gasteiger partial charge in [-0.25, -0.2) is 8.78 Å². The molecule has 3 rings (SSSR count). The highest BCUT2D eigenvalue weighted by molar-refractivity contribution is 8.00. The fraction of sp³-hybridized carbons (Fsp3) is 0.0500. The van der Waals surface area contributed by atoms with Crippen LogP contribution in [0.25, 0.3) is 0 Å². The lowest BCUT2D eigenvalue weighted by atomic mass is 10.1. The Labute approximate surface area is 148 Å². The number of hydrogen-bond acceptors (Lipinski definition) is 2. The molecule has 0 saturated heterocycles. The SMILES string of the molecule is O=C(Nc1cc(F)cc(F)c1)C(Sc1ccccc1)c1ccccc1. The summed E-state index contributed by atoms with van der Waals surface area (Å²) in [6, 6.07) is 21.7. The van der Waals surface area contributed by atoms with E-state index < -0.39 is 16.9 Å². The van der Waals surface area contributed by atoms with Gasteiger partial charge in [0.05, 0.1) is 0 Å². The van der Waals surface area contributed by atoms with E-state index in [1.807, 2.05) is 60.7 Å². The number of carbonyl (C=O) groups excluding carboxylic acids is 1. The summed E-state index contributed by atoms with van der Waals surface area (Å²) in [5.74, 6) is -1.81. The molecule has 1 N–H and O–H groups in total. The monoisotopic (exact) mass is 355 g/mol. The summed E-state index contributed by atoms with van der Waals surface area (Å²) < 4.78 is 26.7. The van der Waals surface area contributed by atoms with Crippen LogP contribution in [0, 0.1) is 11.6 Å². The number of rotatable bonds is 5. The van der Waals surface area contributed by atoms with Gasteiger partial charge in [0.1, 0.15) is 16.9 Å². The first-order valence-electron chi connectivity index (χ1n) is 7.65. The smallest absolute Gasteiger partial charge is 0.242 e. The largest absolute Gasteiger partial charge is 0.325 e. The van der Waals surface area contributed by atoms with E-state index in [9.17, 15) is 13.6 Å². The first-order chi connectivity index (χ1) is 12.1. The van der Waals surface area contributed by atoms with Gasteiger partial charge in [-0.15, -0.1) is 11.8 Å². The van der Waals surface area contributed by atoms with Gasteiger partial charge in [-0.05, 0) is 29.8 Å². The second kappa shape index (κ2) is 7.94. The summed E-state index contributed by atoms with van der Waals surface area (Å²) >= 11 is 1.38. The fourth-order valence-corrected chi connectivity index (χ4v) is 3.42. The van der Waals surface area contributed by atoms with E-state index in [1.165, 1.54) is 11.8 Å². The zero-order valence-electron chi connectivity index (χ0n) is 13.2. The molecule has 0 aliphatic rings. The minimum atomic E-state index is -0.734. The molecule has 1 unspecified atom stereocenters. The minimum absolute atomic E-state index is 0.0945. The van der Waals surface area contributed by atoms with Crippen LogP contribution in [-0.4, -0.2) is 5.91 Å². The van der Waals surface area contributed by atoms with Gasteiger partial charge < -0.3 is 5.32 Å². The Balaban J connectivity index is 1.86. The lowest BCUT2D eigenvalue weighted by Gasteiger charge is -2.17. The van der Waals surface area contributed by atoms with E-state index >= 15 is 0 Å². The second-order valence-electron chi connectivity index (χ2n) is 5.37. The number of thioether (sulfide) groups is 1. The van der Waals surface area contributed by atoms with Gasteiger partial charge in [-0.3, -0.25) is 4.79 Å². The van der Waals surface area contributed by atoms with Crippen LogP contribution >= 0.6 is 11.8 Å². The first kappa shape index (κ1) is 17.2. The topological polar surface area (TPSA) is 29.1 Å². The molecule has 0 radical (unpaired) electrons. The summed E-state index contributed by atoms with van der Waals surface area (Å²) in [4.78, 5) is 13.7. The van der Waals surface area contributed by atoms with E-state index in [0.717, 1.165) is 28.7 Å². The van der Waals surface area contributed by atoms with Crippen molar-refractivity contribution < 1.29 is 13.6 Å². The Morgan fingerprint density at radius 1 is 0.840 bits per heavy atom. The Morgan fingerprint density at radius 3 is 2.00 bits per heavy atom. The lowest BCUT2D eigenvalue weighted by molar-refractivity contribution is -0.115. The highest BCUT2D eigenvalue weighted by Gasteiger charge is 2.22. The van der Waals surface area contributed by atoms with Crippen molar-refractivity contribution in [2.24, 2.45) is 0 Å². The van der Waals surface area contributed by atoms with Crippen molar-refractivity contribution in [2.75, 3.05) is 5.32 Å². The normalized spacial score (nSPS) is 11.8. The van der Waals surface area contributed by atoms with Crippen molar-refractivity contribution in [1.82, 2.24) is 0 Å². The van der Waals surface area contributed by atoms with Gasteiger partial charge in [0, 0.05) is 16.6 Å². The molecule has 2 nitrogen and oxygen atoms in total. The molecule has 0 aromatic heterocycles. The zero-order chi connectivity index (χ0) is 17.6.